The summed E-state index contributed by atoms with van der Waals surface area (Å²) in [6, 6.07) is 9.45. The van der Waals surface area contributed by atoms with Crippen LogP contribution in [0.5, 0.6) is 5.75 Å². The van der Waals surface area contributed by atoms with E-state index in [9.17, 15) is 21.6 Å². The molecular weight excluding hydrogens is 377 g/mol. The van der Waals surface area contributed by atoms with Crippen LogP contribution in [0.3, 0.4) is 0 Å². The fourth-order valence-corrected chi connectivity index (χ4v) is 4.27. The van der Waals surface area contributed by atoms with Gasteiger partial charge in [0.1, 0.15) is 5.75 Å². The third kappa shape index (κ3) is 4.20. The Bertz CT molecular complexity index is 1010. The quantitative estimate of drug-likeness (QED) is 0.723. The number of sulfonamides is 1. The Balaban J connectivity index is 1.83. The number of halogens is 3. The van der Waals surface area contributed by atoms with Gasteiger partial charge in [0.05, 0.1) is 15.1 Å². The number of nitrogens with one attached hydrogen (secondary N) is 1. The van der Waals surface area contributed by atoms with E-state index in [1.54, 1.807) is 6.07 Å². The number of thiazole rings is 1. The zero-order valence-corrected chi connectivity index (χ0v) is 14.3. The van der Waals surface area contributed by atoms with Crippen molar-refractivity contribution >= 4 is 36.7 Å². The Morgan fingerprint density at radius 2 is 1.80 bits per heavy atom. The SMILES string of the molecule is Cc1ccc2nc(NS(=O)(=O)c3ccc(OC(F)(F)F)cc3)sc2c1. The maximum atomic E-state index is 12.3. The molecule has 0 aliphatic heterocycles. The van der Waals surface area contributed by atoms with Crippen molar-refractivity contribution in [1.82, 2.24) is 4.98 Å². The van der Waals surface area contributed by atoms with Crippen LogP contribution in [-0.2, 0) is 10.0 Å². The number of hydrogen-bond donors (Lipinski definition) is 1. The first kappa shape index (κ1) is 17.5. The molecule has 0 bridgehead atoms. The first-order valence-electron chi connectivity index (χ1n) is 6.88. The van der Waals surface area contributed by atoms with E-state index in [0.29, 0.717) is 5.52 Å². The maximum Gasteiger partial charge on any atom is 0.573 e. The lowest BCUT2D eigenvalue weighted by atomic mass is 10.2. The van der Waals surface area contributed by atoms with Crippen LogP contribution in [0.2, 0.25) is 0 Å². The van der Waals surface area contributed by atoms with Gasteiger partial charge in [0, 0.05) is 0 Å². The van der Waals surface area contributed by atoms with Crippen LogP contribution in [-0.4, -0.2) is 19.8 Å². The summed E-state index contributed by atoms with van der Waals surface area (Å²) >= 11 is 1.17. The highest BCUT2D eigenvalue weighted by Gasteiger charge is 2.31. The number of benzene rings is 2. The molecule has 0 aliphatic rings. The summed E-state index contributed by atoms with van der Waals surface area (Å²) in [6.07, 6.45) is -4.84. The van der Waals surface area contributed by atoms with Gasteiger partial charge >= 0.3 is 6.36 Å². The third-order valence-electron chi connectivity index (χ3n) is 3.13. The zero-order valence-electron chi connectivity index (χ0n) is 12.7. The van der Waals surface area contributed by atoms with Crippen LogP contribution in [0.1, 0.15) is 5.56 Å². The second-order valence-electron chi connectivity index (χ2n) is 5.11. The fraction of sp³-hybridized carbons (Fsp3) is 0.133. The highest BCUT2D eigenvalue weighted by Crippen LogP contribution is 2.29. The van der Waals surface area contributed by atoms with Crippen molar-refractivity contribution in [2.75, 3.05) is 4.72 Å². The molecule has 5 nitrogen and oxygen atoms in total. The van der Waals surface area contributed by atoms with Gasteiger partial charge in [-0.05, 0) is 48.9 Å². The molecule has 10 heteroatoms. The van der Waals surface area contributed by atoms with E-state index in [4.69, 9.17) is 0 Å². The van der Waals surface area contributed by atoms with Gasteiger partial charge in [0.2, 0.25) is 0 Å². The minimum atomic E-state index is -4.84. The van der Waals surface area contributed by atoms with Crippen LogP contribution in [0.25, 0.3) is 10.2 Å². The molecule has 1 aromatic heterocycles. The Kier molecular flexibility index (Phi) is 4.33. The van der Waals surface area contributed by atoms with Gasteiger partial charge in [-0.2, -0.15) is 0 Å². The van der Waals surface area contributed by atoms with E-state index in [1.165, 1.54) is 11.3 Å². The van der Waals surface area contributed by atoms with E-state index in [1.807, 2.05) is 19.1 Å². The number of fused-ring (bicyclic) bond motifs is 1. The van der Waals surface area contributed by atoms with Gasteiger partial charge < -0.3 is 4.74 Å². The third-order valence-corrected chi connectivity index (χ3v) is 5.55. The lowest BCUT2D eigenvalue weighted by Gasteiger charge is -2.09. The van der Waals surface area contributed by atoms with Crippen LogP contribution in [0.15, 0.2) is 47.4 Å². The molecule has 0 fully saturated rings. The molecule has 0 spiro atoms. The van der Waals surface area contributed by atoms with E-state index in [-0.39, 0.29) is 10.0 Å². The molecule has 0 aliphatic carbocycles. The van der Waals surface area contributed by atoms with Crippen LogP contribution in [0.4, 0.5) is 18.3 Å². The molecule has 3 rings (SSSR count). The molecule has 0 radical (unpaired) electrons. The Morgan fingerprint density at radius 1 is 1.12 bits per heavy atom. The van der Waals surface area contributed by atoms with E-state index in [0.717, 1.165) is 34.5 Å². The number of alkyl halides is 3. The van der Waals surface area contributed by atoms with Gasteiger partial charge in [-0.25, -0.2) is 13.4 Å². The molecule has 2 aromatic carbocycles. The summed E-state index contributed by atoms with van der Waals surface area (Å²) in [5.41, 5.74) is 1.67. The molecule has 25 heavy (non-hydrogen) atoms. The highest BCUT2D eigenvalue weighted by atomic mass is 32.2. The van der Waals surface area contributed by atoms with Gasteiger partial charge in [0.25, 0.3) is 10.0 Å². The molecule has 0 atom stereocenters. The second kappa shape index (κ2) is 6.19. The van der Waals surface area contributed by atoms with E-state index < -0.39 is 22.1 Å². The molecule has 1 N–H and O–H groups in total. The Labute approximate surface area is 145 Å². The largest absolute Gasteiger partial charge is 0.573 e. The highest BCUT2D eigenvalue weighted by molar-refractivity contribution is 7.93. The number of rotatable bonds is 4. The Morgan fingerprint density at radius 3 is 2.44 bits per heavy atom. The van der Waals surface area contributed by atoms with Crippen molar-refractivity contribution in [2.45, 2.75) is 18.2 Å². The summed E-state index contributed by atoms with van der Waals surface area (Å²) in [4.78, 5) is 3.99. The lowest BCUT2D eigenvalue weighted by Crippen LogP contribution is -2.17. The van der Waals surface area contributed by atoms with Crippen molar-refractivity contribution in [3.63, 3.8) is 0 Å². The second-order valence-corrected chi connectivity index (χ2v) is 7.83. The fourth-order valence-electron chi connectivity index (χ4n) is 2.07. The Hall–Kier alpha value is -2.33. The van der Waals surface area contributed by atoms with Crippen molar-refractivity contribution in [1.29, 1.82) is 0 Å². The molecule has 0 saturated heterocycles. The average molecular weight is 388 g/mol. The summed E-state index contributed by atoms with van der Waals surface area (Å²) in [5.74, 6) is -0.498. The first-order valence-corrected chi connectivity index (χ1v) is 9.18. The average Bonchev–Trinajstić information content (AvgIpc) is 2.86. The molecular formula is C15H11F3N2O3S2. The van der Waals surface area contributed by atoms with E-state index in [2.05, 4.69) is 14.4 Å². The smallest absolute Gasteiger partial charge is 0.406 e. The van der Waals surface area contributed by atoms with Crippen molar-refractivity contribution in [3.8, 4) is 5.75 Å². The first-order chi connectivity index (χ1) is 11.6. The van der Waals surface area contributed by atoms with Crippen molar-refractivity contribution < 1.29 is 26.3 Å². The number of ether oxygens (including phenoxy) is 1. The number of anilines is 1. The standard InChI is InChI=1S/C15H11F3N2O3S2/c1-9-2-7-12-13(8-9)24-14(19-12)20-25(21,22)11-5-3-10(4-6-11)23-15(16,17)18/h2-8H,1H3,(H,19,20). The lowest BCUT2D eigenvalue weighted by molar-refractivity contribution is -0.274. The normalized spacial score (nSPS) is 12.3. The predicted octanol–water partition coefficient (Wildman–Crippen LogP) is 4.30. The minimum Gasteiger partial charge on any atom is -0.406 e. The molecule has 132 valence electrons. The molecule has 3 aromatic rings. The topological polar surface area (TPSA) is 68.3 Å². The van der Waals surface area contributed by atoms with Crippen molar-refractivity contribution in [2.24, 2.45) is 0 Å². The van der Waals surface area contributed by atoms with Crippen LogP contribution in [0, 0.1) is 6.92 Å². The van der Waals surface area contributed by atoms with Crippen LogP contribution < -0.4 is 9.46 Å². The molecule has 0 saturated carbocycles. The van der Waals surface area contributed by atoms with Gasteiger partial charge in [0.15, 0.2) is 5.13 Å². The van der Waals surface area contributed by atoms with Crippen molar-refractivity contribution in [3.05, 3.63) is 48.0 Å². The summed E-state index contributed by atoms with van der Waals surface area (Å²) in [6.45, 7) is 1.91. The number of hydrogen-bond acceptors (Lipinski definition) is 5. The number of aromatic nitrogens is 1. The molecule has 0 amide bonds. The monoisotopic (exact) mass is 388 g/mol. The molecule has 1 heterocycles. The zero-order chi connectivity index (χ0) is 18.2. The number of nitrogens with zero attached hydrogens (tertiary/aromatic N) is 1. The van der Waals surface area contributed by atoms with Gasteiger partial charge in [-0.1, -0.05) is 17.4 Å². The van der Waals surface area contributed by atoms with Gasteiger partial charge in [-0.3, -0.25) is 4.72 Å². The summed E-state index contributed by atoms with van der Waals surface area (Å²) < 4.78 is 67.9. The maximum absolute atomic E-state index is 12.3. The summed E-state index contributed by atoms with van der Waals surface area (Å²) in [7, 11) is -3.97. The predicted molar refractivity (Wildman–Crippen MR) is 88.3 cm³/mol. The summed E-state index contributed by atoms with van der Waals surface area (Å²) in [5, 5.41) is 0.177. The minimum absolute atomic E-state index is 0.177. The number of aryl methyl sites for hydroxylation is 1. The van der Waals surface area contributed by atoms with Crippen LogP contribution >= 0.6 is 11.3 Å². The van der Waals surface area contributed by atoms with E-state index >= 15 is 0 Å². The molecule has 0 unspecified atom stereocenters. The van der Waals surface area contributed by atoms with Gasteiger partial charge in [-0.15, -0.1) is 13.2 Å².